The van der Waals surface area contributed by atoms with Crippen LogP contribution >= 0.6 is 0 Å². The molecular formula is C25H36F4Si. The molecule has 0 unspecified atom stereocenters. The minimum atomic E-state index is -1.87. The van der Waals surface area contributed by atoms with Crippen molar-refractivity contribution in [3.63, 3.8) is 0 Å². The zero-order chi connectivity index (χ0) is 21.3. The first kappa shape index (κ1) is 23.6. The van der Waals surface area contributed by atoms with E-state index in [2.05, 4.69) is 0 Å². The number of unbranched alkanes of at least 4 members (excludes halogenated alkanes) is 1. The highest BCUT2D eigenvalue weighted by Gasteiger charge is 2.31. The first-order valence-electron chi connectivity index (χ1n) is 11.9. The van der Waals surface area contributed by atoms with Crippen LogP contribution < -0.4 is 0 Å². The van der Waals surface area contributed by atoms with Crippen molar-refractivity contribution < 1.29 is 17.6 Å². The number of benzene rings is 1. The number of alkyl halides is 1. The predicted molar refractivity (Wildman–Crippen MR) is 120 cm³/mol. The van der Waals surface area contributed by atoms with Gasteiger partial charge in [-0.15, -0.1) is 0 Å². The fraction of sp³-hybridized carbons (Fsp3) is 0.680. The summed E-state index contributed by atoms with van der Waals surface area (Å²) < 4.78 is 50.9. The van der Waals surface area contributed by atoms with E-state index in [0.717, 1.165) is 43.1 Å². The summed E-state index contributed by atoms with van der Waals surface area (Å²) in [5.41, 5.74) is 0.863. The Morgan fingerprint density at radius 2 is 1.67 bits per heavy atom. The third-order valence-electron chi connectivity index (χ3n) is 7.62. The van der Waals surface area contributed by atoms with Gasteiger partial charge in [0, 0.05) is 20.4 Å². The standard InChI is InChI=1S/C25H36F4Si/c26-13-1-2-14-30-15-11-22(12-16-30)21-8-5-19(6-9-21)3-4-20-7-10-23(18-25(28)29)24(27)17-20/h7,10,17-19,21-22,30H,1-6,8-9,11-16H2/t19-,21-,22-,30-. The Morgan fingerprint density at radius 3 is 2.30 bits per heavy atom. The Hall–Kier alpha value is -1.10. The second-order valence-electron chi connectivity index (χ2n) is 9.57. The highest BCUT2D eigenvalue weighted by atomic mass is 28.3. The summed E-state index contributed by atoms with van der Waals surface area (Å²) in [7, 11) is -0.568. The summed E-state index contributed by atoms with van der Waals surface area (Å²) in [5, 5.41) is 0. The second kappa shape index (κ2) is 12.1. The maximum atomic E-state index is 14.0. The molecule has 1 saturated carbocycles. The molecule has 0 N–H and O–H groups in total. The molecule has 2 fully saturated rings. The van der Waals surface area contributed by atoms with Gasteiger partial charge in [0.05, 0.1) is 6.67 Å². The molecule has 1 aliphatic heterocycles. The molecule has 30 heavy (non-hydrogen) atoms. The maximum absolute atomic E-state index is 14.0. The van der Waals surface area contributed by atoms with Crippen molar-refractivity contribution in [2.24, 2.45) is 17.8 Å². The second-order valence-corrected chi connectivity index (χ2v) is 13.0. The highest BCUT2D eigenvalue weighted by Crippen LogP contribution is 2.42. The number of hydrogen-bond acceptors (Lipinski definition) is 0. The Bertz CT molecular complexity index is 670. The van der Waals surface area contributed by atoms with Gasteiger partial charge in [0.15, 0.2) is 0 Å². The van der Waals surface area contributed by atoms with Crippen molar-refractivity contribution >= 4 is 14.9 Å². The molecule has 1 aliphatic carbocycles. The van der Waals surface area contributed by atoms with Gasteiger partial charge >= 0.3 is 0 Å². The van der Waals surface area contributed by atoms with Gasteiger partial charge in [-0.05, 0) is 61.5 Å². The van der Waals surface area contributed by atoms with Crippen molar-refractivity contribution in [3.05, 3.63) is 41.2 Å². The molecule has 3 rings (SSSR count). The molecular weight excluding hydrogens is 404 g/mol. The molecule has 1 aromatic rings. The molecule has 1 saturated heterocycles. The van der Waals surface area contributed by atoms with Crippen LogP contribution in [0.3, 0.4) is 0 Å². The number of halogens is 4. The summed E-state index contributed by atoms with van der Waals surface area (Å²) in [6.45, 7) is -0.149. The molecule has 168 valence electrons. The molecule has 1 aromatic carbocycles. The lowest BCUT2D eigenvalue weighted by molar-refractivity contribution is 0.186. The minimum absolute atomic E-state index is 0.0422. The average molecular weight is 441 g/mol. The van der Waals surface area contributed by atoms with Gasteiger partial charge in [0.25, 0.3) is 6.08 Å². The van der Waals surface area contributed by atoms with Gasteiger partial charge in [0.1, 0.15) is 5.82 Å². The van der Waals surface area contributed by atoms with E-state index in [1.165, 1.54) is 68.8 Å². The van der Waals surface area contributed by atoms with E-state index in [1.54, 1.807) is 6.07 Å². The first-order valence-corrected chi connectivity index (χ1v) is 14.4. The quantitative estimate of drug-likeness (QED) is 0.206. The van der Waals surface area contributed by atoms with Gasteiger partial charge < -0.3 is 0 Å². The Labute approximate surface area is 180 Å². The fourth-order valence-electron chi connectivity index (χ4n) is 5.76. The van der Waals surface area contributed by atoms with Gasteiger partial charge in [-0.25, -0.2) is 4.39 Å². The summed E-state index contributed by atoms with van der Waals surface area (Å²) in [5.74, 6) is 1.95. The first-order chi connectivity index (χ1) is 14.5. The van der Waals surface area contributed by atoms with Crippen LogP contribution in [0.15, 0.2) is 24.3 Å². The summed E-state index contributed by atoms with van der Waals surface area (Å²) in [4.78, 5) is 0. The zero-order valence-corrected chi connectivity index (χ0v) is 19.2. The smallest absolute Gasteiger partial charge is 0.251 e. The van der Waals surface area contributed by atoms with E-state index >= 15 is 0 Å². The summed E-state index contributed by atoms with van der Waals surface area (Å²) in [6, 6.07) is 8.94. The van der Waals surface area contributed by atoms with Crippen LogP contribution in [0.1, 0.15) is 68.9 Å². The van der Waals surface area contributed by atoms with Crippen molar-refractivity contribution in [3.8, 4) is 0 Å². The monoisotopic (exact) mass is 440 g/mol. The van der Waals surface area contributed by atoms with Gasteiger partial charge in [-0.1, -0.05) is 62.4 Å². The normalized spacial score (nSPS) is 27.1. The largest absolute Gasteiger partial charge is 0.271 e. The number of aryl methyl sites for hydroxylation is 1. The van der Waals surface area contributed by atoms with Gasteiger partial charge in [0.2, 0.25) is 0 Å². The molecule has 0 radical (unpaired) electrons. The Kier molecular flexibility index (Phi) is 9.48. The molecule has 0 bridgehead atoms. The van der Waals surface area contributed by atoms with E-state index < -0.39 is 20.7 Å². The number of rotatable bonds is 9. The van der Waals surface area contributed by atoms with E-state index in [4.69, 9.17) is 0 Å². The molecule has 5 heteroatoms. The van der Waals surface area contributed by atoms with E-state index in [9.17, 15) is 17.6 Å². The Balaban J connectivity index is 1.36. The maximum Gasteiger partial charge on any atom is 0.271 e. The molecule has 0 spiro atoms. The van der Waals surface area contributed by atoms with Crippen LogP contribution in [0.25, 0.3) is 6.08 Å². The predicted octanol–water partition coefficient (Wildman–Crippen LogP) is 8.19. The van der Waals surface area contributed by atoms with E-state index in [0.29, 0.717) is 12.0 Å². The molecule has 0 nitrogen and oxygen atoms in total. The SMILES string of the molecule is FCCCC[Si@H]1CC[C@H]([C@H]2CC[C@H](CCc3ccc(C=C(F)F)c(F)c3)CC2)CC1. The minimum Gasteiger partial charge on any atom is -0.251 e. The average Bonchev–Trinajstić information content (AvgIpc) is 2.75. The lowest BCUT2D eigenvalue weighted by Gasteiger charge is -2.37. The van der Waals surface area contributed by atoms with Crippen molar-refractivity contribution in [1.82, 2.24) is 0 Å². The van der Waals surface area contributed by atoms with Crippen LogP contribution in [-0.2, 0) is 6.42 Å². The molecule has 1 heterocycles. The number of hydrogen-bond donors (Lipinski definition) is 0. The van der Waals surface area contributed by atoms with Crippen molar-refractivity contribution in [1.29, 1.82) is 0 Å². The van der Waals surface area contributed by atoms with Crippen LogP contribution in [0, 0.1) is 23.6 Å². The Morgan fingerprint density at radius 1 is 0.967 bits per heavy atom. The molecule has 2 aliphatic rings. The molecule has 0 atom stereocenters. The third kappa shape index (κ3) is 7.25. The lowest BCUT2D eigenvalue weighted by Crippen LogP contribution is -2.28. The highest BCUT2D eigenvalue weighted by molar-refractivity contribution is 6.58. The fourth-order valence-corrected chi connectivity index (χ4v) is 9.29. The van der Waals surface area contributed by atoms with Crippen LogP contribution in [-0.4, -0.2) is 15.5 Å². The summed E-state index contributed by atoms with van der Waals surface area (Å²) >= 11 is 0. The third-order valence-corrected chi connectivity index (χ3v) is 11.1. The molecule has 0 aromatic heterocycles. The van der Waals surface area contributed by atoms with E-state index in [-0.39, 0.29) is 12.2 Å². The van der Waals surface area contributed by atoms with Gasteiger partial charge in [-0.3, -0.25) is 4.39 Å². The topological polar surface area (TPSA) is 0 Å². The zero-order valence-electron chi connectivity index (χ0n) is 18.0. The summed E-state index contributed by atoms with van der Waals surface area (Å²) in [6.07, 6.45) is 10.5. The lowest BCUT2D eigenvalue weighted by atomic mass is 9.73. The van der Waals surface area contributed by atoms with Crippen molar-refractivity contribution in [2.75, 3.05) is 6.67 Å². The van der Waals surface area contributed by atoms with Crippen LogP contribution in [0.5, 0.6) is 0 Å². The van der Waals surface area contributed by atoms with Crippen LogP contribution in [0.4, 0.5) is 17.6 Å². The molecule has 0 amide bonds. The van der Waals surface area contributed by atoms with Crippen LogP contribution in [0.2, 0.25) is 18.1 Å². The van der Waals surface area contributed by atoms with E-state index in [1.807, 2.05) is 0 Å². The van der Waals surface area contributed by atoms with Gasteiger partial charge in [-0.2, -0.15) is 8.78 Å². The van der Waals surface area contributed by atoms with Crippen molar-refractivity contribution in [2.45, 2.75) is 82.3 Å².